The number of methoxy groups -OCH3 is 1. The van der Waals surface area contributed by atoms with E-state index in [1.54, 1.807) is 18.2 Å². The second-order valence-electron chi connectivity index (χ2n) is 5.24. The van der Waals surface area contributed by atoms with Crippen LogP contribution in [0.3, 0.4) is 0 Å². The van der Waals surface area contributed by atoms with Gasteiger partial charge in [0.05, 0.1) is 19.2 Å². The largest absolute Gasteiger partial charge is 0.497 e. The molecular formula is C16H21Cl2N3O3. The minimum atomic E-state index is -0.289. The number of hydrogen-bond acceptors (Lipinski definition) is 5. The molecule has 1 fully saturated rings. The van der Waals surface area contributed by atoms with Crippen LogP contribution in [0.5, 0.6) is 5.75 Å². The van der Waals surface area contributed by atoms with Crippen molar-refractivity contribution in [2.45, 2.75) is 12.5 Å². The minimum Gasteiger partial charge on any atom is -0.497 e. The molecule has 0 saturated carbocycles. The van der Waals surface area contributed by atoms with E-state index in [9.17, 15) is 4.79 Å². The number of carbonyl (C=O) groups is 1. The molecule has 0 radical (unpaired) electrons. The van der Waals surface area contributed by atoms with Crippen LogP contribution >= 0.6 is 24.8 Å². The number of nitrogens with zero attached hydrogens (tertiary/aromatic N) is 2. The average molecular weight is 374 g/mol. The molecule has 1 amide bonds. The van der Waals surface area contributed by atoms with E-state index in [0.29, 0.717) is 19.6 Å². The zero-order valence-corrected chi connectivity index (χ0v) is 14.9. The molecule has 1 aliphatic rings. The summed E-state index contributed by atoms with van der Waals surface area (Å²) in [5, 5.41) is 0.945. The minimum absolute atomic E-state index is 0. The molecule has 3 rings (SSSR count). The smallest absolute Gasteiger partial charge is 0.410 e. The number of rotatable bonds is 5. The molecule has 0 aliphatic carbocycles. The summed E-state index contributed by atoms with van der Waals surface area (Å²) in [6.45, 7) is 1.72. The van der Waals surface area contributed by atoms with Gasteiger partial charge in [-0.3, -0.25) is 4.98 Å². The fourth-order valence-electron chi connectivity index (χ4n) is 2.69. The Morgan fingerprint density at radius 3 is 2.88 bits per heavy atom. The predicted octanol–water partition coefficient (Wildman–Crippen LogP) is 2.93. The monoisotopic (exact) mass is 373 g/mol. The number of fused-ring (bicyclic) bond motifs is 1. The Balaban J connectivity index is 0.00000144. The van der Waals surface area contributed by atoms with E-state index >= 15 is 0 Å². The van der Waals surface area contributed by atoms with Crippen LogP contribution in [0.4, 0.5) is 4.79 Å². The van der Waals surface area contributed by atoms with E-state index in [1.165, 1.54) is 0 Å². The van der Waals surface area contributed by atoms with Crippen LogP contribution in [0, 0.1) is 0 Å². The zero-order chi connectivity index (χ0) is 15.5. The molecule has 0 unspecified atom stereocenters. The van der Waals surface area contributed by atoms with Crippen molar-refractivity contribution < 1.29 is 14.3 Å². The van der Waals surface area contributed by atoms with E-state index in [1.807, 2.05) is 24.3 Å². The number of cyclic esters (lactones) is 1. The average Bonchev–Trinajstić information content (AvgIpc) is 2.92. The van der Waals surface area contributed by atoms with Crippen molar-refractivity contribution in [1.29, 1.82) is 0 Å². The highest BCUT2D eigenvalue weighted by Crippen LogP contribution is 2.32. The van der Waals surface area contributed by atoms with Crippen LogP contribution in [-0.2, 0) is 4.74 Å². The van der Waals surface area contributed by atoms with Crippen LogP contribution in [0.15, 0.2) is 30.5 Å². The summed E-state index contributed by atoms with van der Waals surface area (Å²) in [6.07, 6.45) is 1.93. The highest BCUT2D eigenvalue weighted by atomic mass is 35.5. The van der Waals surface area contributed by atoms with Crippen molar-refractivity contribution >= 4 is 41.8 Å². The van der Waals surface area contributed by atoms with Gasteiger partial charge in [-0.15, -0.1) is 24.8 Å². The molecular weight excluding hydrogens is 353 g/mol. The van der Waals surface area contributed by atoms with Crippen molar-refractivity contribution in [3.63, 3.8) is 0 Å². The lowest BCUT2D eigenvalue weighted by Crippen LogP contribution is -2.27. The Morgan fingerprint density at radius 2 is 2.17 bits per heavy atom. The third-order valence-electron chi connectivity index (χ3n) is 3.85. The fourth-order valence-corrected chi connectivity index (χ4v) is 2.69. The maximum absolute atomic E-state index is 11.9. The lowest BCUT2D eigenvalue weighted by Gasteiger charge is -2.13. The maximum Gasteiger partial charge on any atom is 0.410 e. The van der Waals surface area contributed by atoms with Gasteiger partial charge in [-0.1, -0.05) is 0 Å². The van der Waals surface area contributed by atoms with Crippen LogP contribution in [0.25, 0.3) is 10.9 Å². The van der Waals surface area contributed by atoms with E-state index in [4.69, 9.17) is 15.2 Å². The van der Waals surface area contributed by atoms with E-state index in [-0.39, 0.29) is 37.0 Å². The molecule has 132 valence electrons. The Hall–Kier alpha value is -1.76. The van der Waals surface area contributed by atoms with Gasteiger partial charge in [-0.25, -0.2) is 4.79 Å². The summed E-state index contributed by atoms with van der Waals surface area (Å²) >= 11 is 0. The maximum atomic E-state index is 11.9. The zero-order valence-electron chi connectivity index (χ0n) is 13.3. The summed E-state index contributed by atoms with van der Waals surface area (Å²) in [5.74, 6) is 0.756. The first-order valence-corrected chi connectivity index (χ1v) is 7.31. The van der Waals surface area contributed by atoms with E-state index in [0.717, 1.165) is 28.6 Å². The topological polar surface area (TPSA) is 77.7 Å². The summed E-state index contributed by atoms with van der Waals surface area (Å²) in [6, 6.07) is 7.59. The first kappa shape index (κ1) is 20.3. The highest BCUT2D eigenvalue weighted by molar-refractivity contribution is 5.86. The van der Waals surface area contributed by atoms with Crippen molar-refractivity contribution in [1.82, 2.24) is 9.88 Å². The normalized spacial score (nSPS) is 16.3. The number of ether oxygens (including phenoxy) is 2. The lowest BCUT2D eigenvalue weighted by molar-refractivity contribution is 0.133. The van der Waals surface area contributed by atoms with Gasteiger partial charge in [-0.05, 0) is 37.2 Å². The van der Waals surface area contributed by atoms with Gasteiger partial charge < -0.3 is 20.1 Å². The number of amides is 1. The van der Waals surface area contributed by atoms with Gasteiger partial charge in [0.15, 0.2) is 0 Å². The second kappa shape index (κ2) is 8.92. The highest BCUT2D eigenvalue weighted by Gasteiger charge is 2.32. The molecule has 24 heavy (non-hydrogen) atoms. The van der Waals surface area contributed by atoms with Crippen LogP contribution in [-0.4, -0.2) is 42.7 Å². The standard InChI is InChI=1S/C16H19N3O3.2ClH/c1-21-11-3-4-14-13(9-11)12(5-7-18-14)15-10-19(8-2-6-17)16(20)22-15;;/h3-5,7,9,15H,2,6,8,10,17H2,1H3;2*1H/t15-;;/m0../s1. The van der Waals surface area contributed by atoms with Gasteiger partial charge in [0.1, 0.15) is 11.9 Å². The summed E-state index contributed by atoms with van der Waals surface area (Å²) in [4.78, 5) is 18.0. The van der Waals surface area contributed by atoms with Gasteiger partial charge >= 0.3 is 6.09 Å². The van der Waals surface area contributed by atoms with Crippen molar-refractivity contribution in [3.8, 4) is 5.75 Å². The lowest BCUT2D eigenvalue weighted by atomic mass is 10.0. The molecule has 6 nitrogen and oxygen atoms in total. The number of pyridine rings is 1. The Morgan fingerprint density at radius 1 is 1.38 bits per heavy atom. The SMILES string of the molecule is COc1ccc2nccc([C@@H]3CN(CCCN)C(=O)O3)c2c1.Cl.Cl. The summed E-state index contributed by atoms with van der Waals surface area (Å²) in [5.41, 5.74) is 7.31. The molecule has 1 aromatic carbocycles. The second-order valence-corrected chi connectivity index (χ2v) is 5.24. The quantitative estimate of drug-likeness (QED) is 0.871. The Bertz CT molecular complexity index is 699. The molecule has 2 heterocycles. The Labute approximate surface area is 153 Å². The van der Waals surface area contributed by atoms with Gasteiger partial charge in [0, 0.05) is 23.7 Å². The van der Waals surface area contributed by atoms with E-state index in [2.05, 4.69) is 4.98 Å². The molecule has 1 aliphatic heterocycles. The Kier molecular flexibility index (Phi) is 7.54. The van der Waals surface area contributed by atoms with Crippen LogP contribution in [0.2, 0.25) is 0 Å². The molecule has 2 aromatic rings. The first-order valence-electron chi connectivity index (χ1n) is 7.31. The molecule has 0 bridgehead atoms. The van der Waals surface area contributed by atoms with Crippen molar-refractivity contribution in [2.24, 2.45) is 5.73 Å². The molecule has 0 spiro atoms. The molecule has 1 aromatic heterocycles. The van der Waals surface area contributed by atoms with Crippen molar-refractivity contribution in [2.75, 3.05) is 26.7 Å². The number of benzene rings is 1. The summed E-state index contributed by atoms with van der Waals surface area (Å²) < 4.78 is 10.8. The van der Waals surface area contributed by atoms with Crippen LogP contribution < -0.4 is 10.5 Å². The fraction of sp³-hybridized carbons (Fsp3) is 0.375. The molecule has 8 heteroatoms. The van der Waals surface area contributed by atoms with Gasteiger partial charge in [0.2, 0.25) is 0 Å². The third-order valence-corrected chi connectivity index (χ3v) is 3.85. The van der Waals surface area contributed by atoms with Crippen molar-refractivity contribution in [3.05, 3.63) is 36.0 Å². The van der Waals surface area contributed by atoms with Gasteiger partial charge in [-0.2, -0.15) is 0 Å². The van der Waals surface area contributed by atoms with E-state index < -0.39 is 0 Å². The summed E-state index contributed by atoms with van der Waals surface area (Å²) in [7, 11) is 1.63. The first-order chi connectivity index (χ1) is 10.7. The molecule has 2 N–H and O–H groups in total. The number of nitrogens with two attached hydrogens (primary N) is 1. The van der Waals surface area contributed by atoms with Crippen LogP contribution in [0.1, 0.15) is 18.1 Å². The molecule has 1 atom stereocenters. The number of carbonyl (C=O) groups excluding carboxylic acids is 1. The predicted molar refractivity (Wildman–Crippen MR) is 97.3 cm³/mol. The molecule has 1 saturated heterocycles. The van der Waals surface area contributed by atoms with Gasteiger partial charge in [0.25, 0.3) is 0 Å². The number of halogens is 2. The number of hydrogen-bond donors (Lipinski definition) is 1. The number of aromatic nitrogens is 1. The third kappa shape index (κ3) is 4.01.